The molecule has 0 aliphatic heterocycles. The number of benzene rings is 2. The summed E-state index contributed by atoms with van der Waals surface area (Å²) in [6.07, 6.45) is 20.6. The second-order valence-corrected chi connectivity index (χ2v) is 16.6. The van der Waals surface area contributed by atoms with Crippen molar-refractivity contribution in [3.05, 3.63) is 83.6 Å². The van der Waals surface area contributed by atoms with Gasteiger partial charge in [-0.1, -0.05) is 82.4 Å². The minimum atomic E-state index is 1.10. The van der Waals surface area contributed by atoms with E-state index in [4.69, 9.17) is 0 Å². The van der Waals surface area contributed by atoms with Gasteiger partial charge in [0.1, 0.15) is 5.65 Å². The van der Waals surface area contributed by atoms with Crippen molar-refractivity contribution in [1.82, 2.24) is 9.13 Å². The van der Waals surface area contributed by atoms with Gasteiger partial charge in [0.25, 0.3) is 0 Å². The first kappa shape index (κ1) is 30.9. The van der Waals surface area contributed by atoms with Crippen LogP contribution in [0.2, 0.25) is 0 Å². The van der Waals surface area contributed by atoms with Crippen molar-refractivity contribution < 1.29 is 0 Å². The fourth-order valence-electron chi connectivity index (χ4n) is 6.84. The molecule has 0 amide bonds. The predicted molar refractivity (Wildman–Crippen MR) is 216 cm³/mol. The molecule has 2 aromatic carbocycles. The summed E-state index contributed by atoms with van der Waals surface area (Å²) in [6, 6.07) is 23.5. The zero-order chi connectivity index (χ0) is 31.7. The monoisotopic (exact) mass is 688 g/mol. The molecule has 0 saturated heterocycles. The topological polar surface area (TPSA) is 9.86 Å². The average Bonchev–Trinajstić information content (AvgIpc) is 3.92. The highest BCUT2D eigenvalue weighted by atomic mass is 32.1. The van der Waals surface area contributed by atoms with Crippen LogP contribution in [0.3, 0.4) is 0 Å². The fourth-order valence-corrected chi connectivity index (χ4v) is 11.1. The van der Waals surface area contributed by atoms with Crippen LogP contribution < -0.4 is 0 Å². The van der Waals surface area contributed by atoms with E-state index in [1.165, 1.54) is 117 Å². The number of rotatable bonds is 13. The summed E-state index contributed by atoms with van der Waals surface area (Å²) in [6.45, 7) is 4.57. The van der Waals surface area contributed by atoms with Crippen LogP contribution in [-0.2, 0) is 0 Å². The number of unbranched alkanes of at least 4 members (excludes halogenated alkanes) is 7. The minimum Gasteiger partial charge on any atom is -0.302 e. The Bertz CT molecular complexity index is 2320. The van der Waals surface area contributed by atoms with Gasteiger partial charge in [0, 0.05) is 57.1 Å². The molecule has 0 saturated carbocycles. The highest BCUT2D eigenvalue weighted by molar-refractivity contribution is 7.29. The summed E-state index contributed by atoms with van der Waals surface area (Å²) in [5, 5.41) is 8.39. The lowest BCUT2D eigenvalue weighted by molar-refractivity contribution is 0.675. The first-order valence-electron chi connectivity index (χ1n) is 17.1. The van der Waals surface area contributed by atoms with E-state index in [1.54, 1.807) is 0 Å². The van der Waals surface area contributed by atoms with E-state index in [0.717, 1.165) is 12.8 Å². The van der Waals surface area contributed by atoms with Crippen LogP contribution in [-0.4, -0.2) is 9.13 Å². The summed E-state index contributed by atoms with van der Waals surface area (Å²) in [7, 11) is 0. The van der Waals surface area contributed by atoms with Gasteiger partial charge in [0.05, 0.1) is 11.0 Å². The number of allylic oxidation sites excluding steroid dienone is 2. The van der Waals surface area contributed by atoms with Crippen molar-refractivity contribution in [3.63, 3.8) is 0 Å². The maximum absolute atomic E-state index is 2.49. The number of nitrogens with zero attached hydrogens (tertiary/aromatic N) is 2. The molecule has 0 aliphatic rings. The largest absolute Gasteiger partial charge is 0.302 e. The normalized spacial score (nSPS) is 12.6. The Kier molecular flexibility index (Phi) is 8.94. The summed E-state index contributed by atoms with van der Waals surface area (Å²) in [5.41, 5.74) is 6.43. The number of hydrogen-bond acceptors (Lipinski definition) is 4. The predicted octanol–water partition coefficient (Wildman–Crippen LogP) is 15.1. The van der Waals surface area contributed by atoms with Gasteiger partial charge in [-0.15, -0.1) is 45.3 Å². The molecular formula is C41H40N2S4. The van der Waals surface area contributed by atoms with E-state index in [1.807, 2.05) is 45.3 Å². The molecule has 8 rings (SSSR count). The standard InChI is InChI=1S/C41H40N2S4/c1-3-5-7-9-11-13-21-43-33-25-29(37-27-39-35(47-37)19-23-45-39)15-17-31(33)40-30-16-14-28(36-26-38-34(46-36)18-22-44-38)24-32(30)42(41(40)43)20-12-10-8-6-4-2/h12-27H,3-11H2,1-2H3/b20-12+,21-13+. The molecule has 0 fully saturated rings. The molecule has 238 valence electrons. The second kappa shape index (κ2) is 13.6. The number of fused-ring (bicyclic) bond motifs is 7. The molecule has 0 bridgehead atoms. The third-order valence-corrected chi connectivity index (χ3v) is 13.6. The average molecular weight is 689 g/mol. The first-order chi connectivity index (χ1) is 23.2. The Morgan fingerprint density at radius 3 is 1.57 bits per heavy atom. The third kappa shape index (κ3) is 5.84. The van der Waals surface area contributed by atoms with Gasteiger partial charge in [-0.2, -0.15) is 0 Å². The lowest BCUT2D eigenvalue weighted by Crippen LogP contribution is -1.94. The molecule has 6 heterocycles. The molecule has 0 N–H and O–H groups in total. The Labute approximate surface area is 292 Å². The van der Waals surface area contributed by atoms with Crippen molar-refractivity contribution in [3.8, 4) is 20.9 Å². The Morgan fingerprint density at radius 1 is 0.553 bits per heavy atom. The molecule has 0 atom stereocenters. The third-order valence-electron chi connectivity index (χ3n) is 9.29. The molecule has 0 unspecified atom stereocenters. The molecule has 0 aliphatic carbocycles. The van der Waals surface area contributed by atoms with Crippen LogP contribution in [0.25, 0.3) is 84.9 Å². The van der Waals surface area contributed by atoms with Gasteiger partial charge in [-0.25, -0.2) is 0 Å². The fraction of sp³-hybridized carbons (Fsp3) is 0.268. The Hall–Kier alpha value is -3.42. The number of thiophene rings is 4. The molecule has 0 spiro atoms. The van der Waals surface area contributed by atoms with Crippen molar-refractivity contribution in [2.45, 2.75) is 71.6 Å². The Morgan fingerprint density at radius 2 is 1.06 bits per heavy atom. The van der Waals surface area contributed by atoms with Gasteiger partial charge >= 0.3 is 0 Å². The van der Waals surface area contributed by atoms with E-state index < -0.39 is 0 Å². The summed E-state index contributed by atoms with van der Waals surface area (Å²) >= 11 is 7.47. The molecule has 47 heavy (non-hydrogen) atoms. The second-order valence-electron chi connectivity index (χ2n) is 12.5. The molecule has 2 nitrogen and oxygen atoms in total. The molecular weight excluding hydrogens is 649 g/mol. The van der Waals surface area contributed by atoms with Crippen LogP contribution in [0.5, 0.6) is 0 Å². The zero-order valence-corrected chi connectivity index (χ0v) is 30.4. The van der Waals surface area contributed by atoms with Crippen molar-refractivity contribution in [1.29, 1.82) is 0 Å². The Balaban J connectivity index is 1.32. The maximum atomic E-state index is 2.49. The van der Waals surface area contributed by atoms with E-state index in [0.29, 0.717) is 0 Å². The van der Waals surface area contributed by atoms with E-state index in [2.05, 4.69) is 119 Å². The van der Waals surface area contributed by atoms with Gasteiger partial charge < -0.3 is 9.13 Å². The highest BCUT2D eigenvalue weighted by Gasteiger charge is 2.20. The van der Waals surface area contributed by atoms with Crippen LogP contribution in [0.15, 0.2) is 83.6 Å². The van der Waals surface area contributed by atoms with Crippen molar-refractivity contribution in [2.75, 3.05) is 0 Å². The summed E-state index contributed by atoms with van der Waals surface area (Å²) < 4.78 is 10.5. The number of hydrogen-bond donors (Lipinski definition) is 0. The van der Waals surface area contributed by atoms with E-state index in [9.17, 15) is 0 Å². The van der Waals surface area contributed by atoms with Gasteiger partial charge in [0.15, 0.2) is 0 Å². The smallest absolute Gasteiger partial charge is 0.130 e. The molecule has 0 radical (unpaired) electrons. The summed E-state index contributed by atoms with van der Waals surface area (Å²) in [4.78, 5) is 2.69. The minimum absolute atomic E-state index is 1.10. The lowest BCUT2D eigenvalue weighted by atomic mass is 10.1. The van der Waals surface area contributed by atoms with Gasteiger partial charge in [-0.05, 0) is 84.0 Å². The van der Waals surface area contributed by atoms with Gasteiger partial charge in [0.2, 0.25) is 0 Å². The maximum Gasteiger partial charge on any atom is 0.130 e. The highest BCUT2D eigenvalue weighted by Crippen LogP contribution is 2.44. The van der Waals surface area contributed by atoms with Gasteiger partial charge in [-0.3, -0.25) is 0 Å². The SMILES string of the molecule is CCCCC/C=C/n1c2cc(-c3cc4sccc4s3)ccc2c2c3ccc(-c4cc5sccc5s4)cc3n(/C=C/CCCCCC)c21. The van der Waals surface area contributed by atoms with Crippen LogP contribution in [0.4, 0.5) is 0 Å². The quantitative estimate of drug-likeness (QED) is 0.107. The number of aromatic nitrogens is 2. The van der Waals surface area contributed by atoms with Crippen LogP contribution in [0, 0.1) is 0 Å². The van der Waals surface area contributed by atoms with Crippen molar-refractivity contribution >= 4 is 109 Å². The molecule has 6 heteroatoms. The van der Waals surface area contributed by atoms with Crippen LogP contribution in [0.1, 0.15) is 71.6 Å². The van der Waals surface area contributed by atoms with Crippen molar-refractivity contribution in [2.24, 2.45) is 0 Å². The molecule has 8 aromatic rings. The van der Waals surface area contributed by atoms with Crippen LogP contribution >= 0.6 is 45.3 Å². The van der Waals surface area contributed by atoms with E-state index in [-0.39, 0.29) is 0 Å². The molecule has 6 aromatic heterocycles. The van der Waals surface area contributed by atoms with E-state index >= 15 is 0 Å². The first-order valence-corrected chi connectivity index (χ1v) is 20.5. The summed E-state index contributed by atoms with van der Waals surface area (Å²) in [5.74, 6) is 0. The lowest BCUT2D eigenvalue weighted by Gasteiger charge is -2.08. The zero-order valence-electron chi connectivity index (χ0n) is 27.1.